The van der Waals surface area contributed by atoms with Gasteiger partial charge in [-0.15, -0.1) is 0 Å². The van der Waals surface area contributed by atoms with Crippen LogP contribution in [0, 0.1) is 5.82 Å². The number of hydrogen-bond donors (Lipinski definition) is 0. The summed E-state index contributed by atoms with van der Waals surface area (Å²) >= 11 is 0. The molecule has 8 heavy (non-hydrogen) atoms. The van der Waals surface area contributed by atoms with E-state index in [9.17, 15) is 4.39 Å². The van der Waals surface area contributed by atoms with E-state index in [1.165, 1.54) is 12.1 Å². The first-order valence-corrected chi connectivity index (χ1v) is 2.10. The Morgan fingerprint density at radius 1 is 1.00 bits per heavy atom. The molecule has 0 spiro atoms. The fourth-order valence-electron chi connectivity index (χ4n) is 0.415. The van der Waals surface area contributed by atoms with Crippen LogP contribution in [0.1, 0.15) is 0 Å². The van der Waals surface area contributed by atoms with Gasteiger partial charge < -0.3 is 0 Å². The normalized spacial score (nSPS) is 7.62. The van der Waals surface area contributed by atoms with Crippen molar-refractivity contribution in [1.82, 2.24) is 0 Å². The summed E-state index contributed by atoms with van der Waals surface area (Å²) in [4.78, 5) is 0. The van der Waals surface area contributed by atoms with Crippen LogP contribution in [0.2, 0.25) is 0 Å². The molecule has 1 aromatic rings. The van der Waals surface area contributed by atoms with E-state index in [-0.39, 0.29) is 22.3 Å². The molecule has 0 aliphatic rings. The van der Waals surface area contributed by atoms with Crippen molar-refractivity contribution >= 4 is 0 Å². The molecule has 0 aliphatic heterocycles. The van der Waals surface area contributed by atoms with Crippen LogP contribution in [0.4, 0.5) is 4.39 Å². The predicted molar refractivity (Wildman–Crippen MR) is 26.4 cm³/mol. The predicted octanol–water partition coefficient (Wildman–Crippen LogP) is 1.82. The second-order valence-electron chi connectivity index (χ2n) is 1.30. The molecule has 0 bridgehead atoms. The van der Waals surface area contributed by atoms with Gasteiger partial charge in [0.15, 0.2) is 0 Å². The average Bonchev–Trinajstić information content (AvgIpc) is 1.69. The van der Waals surface area contributed by atoms with E-state index < -0.39 is 0 Å². The number of halogens is 1. The molecular weight excluding hydrogens is 150 g/mol. The Balaban J connectivity index is 0.000000490. The van der Waals surface area contributed by atoms with Gasteiger partial charge >= 0.3 is 0 Å². The molecule has 1 aromatic carbocycles. The van der Waals surface area contributed by atoms with E-state index in [1.54, 1.807) is 18.2 Å². The molecule has 0 nitrogen and oxygen atoms in total. The molecule has 46 valence electrons. The summed E-state index contributed by atoms with van der Waals surface area (Å²) in [6, 6.07) is 7.94. The number of rotatable bonds is 0. The summed E-state index contributed by atoms with van der Waals surface area (Å²) in [5, 5.41) is 0. The summed E-state index contributed by atoms with van der Waals surface area (Å²) in [6.07, 6.45) is 0. The van der Waals surface area contributed by atoms with Gasteiger partial charge in [0.1, 0.15) is 5.82 Å². The first-order chi connectivity index (χ1) is 3.39. The number of hydrogen-bond acceptors (Lipinski definition) is 0. The maximum Gasteiger partial charge on any atom is 0.123 e. The average molecular weight is 155 g/mol. The van der Waals surface area contributed by atoms with Gasteiger partial charge in [0.2, 0.25) is 0 Å². The Labute approximate surface area is 57.6 Å². The van der Waals surface area contributed by atoms with Gasteiger partial charge in [-0.05, 0) is 12.1 Å². The fourth-order valence-corrected chi connectivity index (χ4v) is 0.415. The van der Waals surface area contributed by atoms with Crippen LogP contribution in [0.3, 0.4) is 0 Å². The number of benzene rings is 1. The summed E-state index contributed by atoms with van der Waals surface area (Å²) < 4.78 is 11.9. The zero-order valence-electron chi connectivity index (χ0n) is 4.08. The van der Waals surface area contributed by atoms with Crippen LogP contribution in [0.5, 0.6) is 0 Å². The third kappa shape index (κ3) is 2.08. The van der Waals surface area contributed by atoms with Gasteiger partial charge in [-0.3, -0.25) is 0 Å². The third-order valence-corrected chi connectivity index (χ3v) is 0.733. The smallest absolute Gasteiger partial charge is 0.123 e. The van der Waals surface area contributed by atoms with Crippen LogP contribution < -0.4 is 0 Å². The molecule has 2 heteroatoms. The molecule has 0 aliphatic carbocycles. The van der Waals surface area contributed by atoms with Gasteiger partial charge in [-0.1, -0.05) is 18.2 Å². The SMILES string of the molecule is Fc1ccccc1.[Ni]. The summed E-state index contributed by atoms with van der Waals surface area (Å²) in [7, 11) is 0. The molecule has 0 N–H and O–H groups in total. The minimum atomic E-state index is -0.178. The quantitative estimate of drug-likeness (QED) is 0.501. The zero-order chi connectivity index (χ0) is 5.11. The first-order valence-electron chi connectivity index (χ1n) is 2.10. The second-order valence-corrected chi connectivity index (χ2v) is 1.30. The van der Waals surface area contributed by atoms with Gasteiger partial charge in [0, 0.05) is 16.5 Å². The van der Waals surface area contributed by atoms with Crippen LogP contribution in [-0.2, 0) is 16.5 Å². The second kappa shape index (κ2) is 3.62. The van der Waals surface area contributed by atoms with E-state index in [4.69, 9.17) is 0 Å². The molecular formula is C6H5FNi. The Morgan fingerprint density at radius 2 is 1.50 bits per heavy atom. The van der Waals surface area contributed by atoms with Crippen molar-refractivity contribution in [2.45, 2.75) is 0 Å². The van der Waals surface area contributed by atoms with E-state index in [2.05, 4.69) is 0 Å². The molecule has 0 heterocycles. The van der Waals surface area contributed by atoms with Crippen LogP contribution in [0.15, 0.2) is 30.3 Å². The van der Waals surface area contributed by atoms with Crippen molar-refractivity contribution in [3.8, 4) is 0 Å². The van der Waals surface area contributed by atoms with Crippen molar-refractivity contribution in [2.75, 3.05) is 0 Å². The van der Waals surface area contributed by atoms with Crippen molar-refractivity contribution in [3.05, 3.63) is 36.1 Å². The van der Waals surface area contributed by atoms with E-state index >= 15 is 0 Å². The molecule has 0 saturated heterocycles. The molecule has 0 amide bonds. The van der Waals surface area contributed by atoms with Gasteiger partial charge in [-0.25, -0.2) is 4.39 Å². The maximum atomic E-state index is 11.9. The van der Waals surface area contributed by atoms with E-state index in [1.807, 2.05) is 0 Å². The standard InChI is InChI=1S/C6H5F.Ni/c7-6-4-2-1-3-5-6;/h1-5H;. The Hall–Kier alpha value is -0.356. The van der Waals surface area contributed by atoms with Gasteiger partial charge in [0.25, 0.3) is 0 Å². The van der Waals surface area contributed by atoms with Crippen LogP contribution >= 0.6 is 0 Å². The molecule has 0 unspecified atom stereocenters. The Morgan fingerprint density at radius 3 is 1.75 bits per heavy atom. The topological polar surface area (TPSA) is 0 Å². The summed E-state index contributed by atoms with van der Waals surface area (Å²) in [5.41, 5.74) is 0. The molecule has 0 aromatic heterocycles. The Bertz CT molecular complexity index is 138. The molecule has 1 rings (SSSR count). The van der Waals surface area contributed by atoms with Crippen molar-refractivity contribution < 1.29 is 20.9 Å². The minimum Gasteiger partial charge on any atom is -0.207 e. The monoisotopic (exact) mass is 154 g/mol. The minimum absolute atomic E-state index is 0. The van der Waals surface area contributed by atoms with Crippen molar-refractivity contribution in [3.63, 3.8) is 0 Å². The first kappa shape index (κ1) is 7.64. The van der Waals surface area contributed by atoms with Gasteiger partial charge in [0.05, 0.1) is 0 Å². The third-order valence-electron chi connectivity index (χ3n) is 0.733. The van der Waals surface area contributed by atoms with Gasteiger partial charge in [-0.2, -0.15) is 0 Å². The summed E-state index contributed by atoms with van der Waals surface area (Å²) in [5.74, 6) is -0.178. The maximum absolute atomic E-state index is 11.9. The fraction of sp³-hybridized carbons (Fsp3) is 0. The van der Waals surface area contributed by atoms with Crippen molar-refractivity contribution in [1.29, 1.82) is 0 Å². The van der Waals surface area contributed by atoms with Crippen molar-refractivity contribution in [2.24, 2.45) is 0 Å². The molecule has 0 atom stereocenters. The zero-order valence-corrected chi connectivity index (χ0v) is 5.07. The van der Waals surface area contributed by atoms with E-state index in [0.29, 0.717) is 0 Å². The molecule has 0 radical (unpaired) electrons. The van der Waals surface area contributed by atoms with Crippen LogP contribution in [-0.4, -0.2) is 0 Å². The Kier molecular flexibility index (Phi) is 3.46. The van der Waals surface area contributed by atoms with E-state index in [0.717, 1.165) is 0 Å². The molecule has 0 saturated carbocycles. The summed E-state index contributed by atoms with van der Waals surface area (Å²) in [6.45, 7) is 0. The largest absolute Gasteiger partial charge is 0.207 e. The van der Waals surface area contributed by atoms with Crippen LogP contribution in [0.25, 0.3) is 0 Å². The molecule has 0 fully saturated rings.